The largest absolute Gasteiger partial charge is 0.493 e. The van der Waals surface area contributed by atoms with Crippen LogP contribution in [0.1, 0.15) is 24.2 Å². The summed E-state index contributed by atoms with van der Waals surface area (Å²) in [6, 6.07) is 2.63. The molecule has 0 atom stereocenters. The van der Waals surface area contributed by atoms with Crippen LogP contribution in [0.2, 0.25) is 0 Å². The second-order valence-electron chi connectivity index (χ2n) is 5.06. The fraction of sp³-hybridized carbons (Fsp3) is 0.429. The van der Waals surface area contributed by atoms with E-state index in [1.165, 1.54) is 26.4 Å². The number of rotatable bonds is 6. The molecule has 1 rings (SSSR count). The molecule has 0 fully saturated rings. The predicted octanol–water partition coefficient (Wildman–Crippen LogP) is 1.55. The van der Waals surface area contributed by atoms with Gasteiger partial charge in [-0.25, -0.2) is 4.79 Å². The molecule has 7 heteroatoms. The minimum Gasteiger partial charge on any atom is -0.493 e. The third kappa shape index (κ3) is 3.77. The van der Waals surface area contributed by atoms with E-state index in [0.29, 0.717) is 0 Å². The highest BCUT2D eigenvalue weighted by atomic mass is 16.5. The van der Waals surface area contributed by atoms with Crippen LogP contribution in [0.25, 0.3) is 0 Å². The number of carbonyl (C=O) groups excluding carboxylic acids is 1. The summed E-state index contributed by atoms with van der Waals surface area (Å²) in [7, 11) is 2.70. The lowest BCUT2D eigenvalue weighted by Gasteiger charge is -2.22. The van der Waals surface area contributed by atoms with Crippen molar-refractivity contribution in [2.75, 3.05) is 26.6 Å². The molecule has 0 heterocycles. The van der Waals surface area contributed by atoms with Crippen LogP contribution in [-0.2, 0) is 9.53 Å². The van der Waals surface area contributed by atoms with Gasteiger partial charge in [0.25, 0.3) is 0 Å². The van der Waals surface area contributed by atoms with Crippen LogP contribution < -0.4 is 15.2 Å². The average molecular weight is 297 g/mol. The van der Waals surface area contributed by atoms with Crippen molar-refractivity contribution in [1.82, 2.24) is 0 Å². The molecule has 0 unspecified atom stereocenters. The van der Waals surface area contributed by atoms with Crippen molar-refractivity contribution in [2.45, 2.75) is 13.8 Å². The Labute approximate surface area is 122 Å². The molecule has 0 radical (unpaired) electrons. The van der Waals surface area contributed by atoms with Crippen LogP contribution in [0, 0.1) is 5.41 Å². The molecule has 0 aliphatic rings. The zero-order valence-electron chi connectivity index (χ0n) is 12.4. The molecule has 21 heavy (non-hydrogen) atoms. The minimum absolute atomic E-state index is 0.000982. The Morgan fingerprint density at radius 1 is 1.24 bits per heavy atom. The Hall–Kier alpha value is -2.44. The normalized spacial score (nSPS) is 10.9. The summed E-state index contributed by atoms with van der Waals surface area (Å²) in [5.41, 5.74) is 4.72. The first-order chi connectivity index (χ1) is 9.72. The van der Waals surface area contributed by atoms with Crippen LogP contribution in [0.4, 0.5) is 5.69 Å². The van der Waals surface area contributed by atoms with Gasteiger partial charge in [-0.15, -0.1) is 0 Å². The van der Waals surface area contributed by atoms with E-state index >= 15 is 0 Å². The number of nitrogen functional groups attached to an aromatic ring is 1. The van der Waals surface area contributed by atoms with E-state index in [9.17, 15) is 9.59 Å². The van der Waals surface area contributed by atoms with Crippen LogP contribution in [0.3, 0.4) is 0 Å². The van der Waals surface area contributed by atoms with Crippen molar-refractivity contribution in [3.8, 4) is 11.5 Å². The fourth-order valence-corrected chi connectivity index (χ4v) is 1.63. The van der Waals surface area contributed by atoms with Crippen molar-refractivity contribution in [3.63, 3.8) is 0 Å². The van der Waals surface area contributed by atoms with Gasteiger partial charge in [-0.1, -0.05) is 0 Å². The van der Waals surface area contributed by atoms with E-state index in [0.717, 1.165) is 0 Å². The molecule has 1 aromatic carbocycles. The standard InChI is InChI=1S/C14H19NO6/c1-14(2,13(18)20-4)7-21-11-5-8(12(16)17)9(15)6-10(11)19-3/h5-6H,7,15H2,1-4H3,(H,16,17). The molecule has 7 nitrogen and oxygen atoms in total. The SMILES string of the molecule is COC(=O)C(C)(C)COc1cc(C(=O)O)c(N)cc1OC. The highest BCUT2D eigenvalue weighted by Gasteiger charge is 2.30. The van der Waals surface area contributed by atoms with Crippen molar-refractivity contribution < 1.29 is 28.9 Å². The van der Waals surface area contributed by atoms with E-state index in [-0.39, 0.29) is 29.4 Å². The molecule has 116 valence electrons. The Bertz CT molecular complexity index is 553. The molecular weight excluding hydrogens is 278 g/mol. The lowest BCUT2D eigenvalue weighted by Crippen LogP contribution is -2.32. The maximum absolute atomic E-state index is 11.6. The van der Waals surface area contributed by atoms with Gasteiger partial charge in [0.05, 0.1) is 30.9 Å². The topological polar surface area (TPSA) is 108 Å². The van der Waals surface area contributed by atoms with Crippen molar-refractivity contribution in [2.24, 2.45) is 5.41 Å². The third-order valence-electron chi connectivity index (χ3n) is 2.89. The summed E-state index contributed by atoms with van der Waals surface area (Å²) in [6.07, 6.45) is 0. The predicted molar refractivity (Wildman–Crippen MR) is 75.7 cm³/mol. The molecule has 0 spiro atoms. The number of nitrogens with two attached hydrogens (primary N) is 1. The minimum atomic E-state index is -1.17. The summed E-state index contributed by atoms with van der Waals surface area (Å²) < 4.78 is 15.3. The van der Waals surface area contributed by atoms with E-state index in [1.807, 2.05) is 0 Å². The fourth-order valence-electron chi connectivity index (χ4n) is 1.63. The number of methoxy groups -OCH3 is 2. The molecule has 0 bridgehead atoms. The van der Waals surface area contributed by atoms with Gasteiger partial charge in [0.15, 0.2) is 11.5 Å². The van der Waals surface area contributed by atoms with Gasteiger partial charge < -0.3 is 25.1 Å². The van der Waals surface area contributed by atoms with Gasteiger partial charge in [-0.3, -0.25) is 4.79 Å². The zero-order chi connectivity index (χ0) is 16.2. The summed E-state index contributed by atoms with van der Waals surface area (Å²) in [5, 5.41) is 9.06. The number of benzene rings is 1. The first-order valence-corrected chi connectivity index (χ1v) is 6.15. The number of aromatic carboxylic acids is 1. The van der Waals surface area contributed by atoms with Gasteiger partial charge >= 0.3 is 11.9 Å². The summed E-state index contributed by atoms with van der Waals surface area (Å²) in [6.45, 7) is 3.31. The van der Waals surface area contributed by atoms with E-state index in [1.54, 1.807) is 13.8 Å². The molecule has 0 aromatic heterocycles. The summed E-state index contributed by atoms with van der Waals surface area (Å²) >= 11 is 0. The Kier molecular flexibility index (Phi) is 5.02. The quantitative estimate of drug-likeness (QED) is 0.605. The number of ether oxygens (including phenoxy) is 3. The van der Waals surface area contributed by atoms with Gasteiger partial charge in [-0.2, -0.15) is 0 Å². The number of carboxylic acids is 1. The van der Waals surface area contributed by atoms with Crippen LogP contribution in [-0.4, -0.2) is 37.9 Å². The number of anilines is 1. The lowest BCUT2D eigenvalue weighted by molar-refractivity contribution is -0.152. The zero-order valence-corrected chi connectivity index (χ0v) is 12.4. The van der Waals surface area contributed by atoms with Crippen LogP contribution >= 0.6 is 0 Å². The number of hydrogen-bond acceptors (Lipinski definition) is 6. The Morgan fingerprint density at radius 2 is 1.86 bits per heavy atom. The smallest absolute Gasteiger partial charge is 0.337 e. The van der Waals surface area contributed by atoms with E-state index in [4.69, 9.17) is 20.3 Å². The van der Waals surface area contributed by atoms with Crippen molar-refractivity contribution in [1.29, 1.82) is 0 Å². The maximum Gasteiger partial charge on any atom is 0.337 e. The first-order valence-electron chi connectivity index (χ1n) is 6.15. The van der Waals surface area contributed by atoms with Gasteiger partial charge in [-0.05, 0) is 13.8 Å². The van der Waals surface area contributed by atoms with Crippen molar-refractivity contribution in [3.05, 3.63) is 17.7 Å². The Balaban J connectivity index is 3.05. The number of esters is 1. The summed E-state index contributed by atoms with van der Waals surface area (Å²) in [5.74, 6) is -1.12. The molecule has 1 aromatic rings. The summed E-state index contributed by atoms with van der Waals surface area (Å²) in [4.78, 5) is 22.7. The van der Waals surface area contributed by atoms with Gasteiger partial charge in [0.2, 0.25) is 0 Å². The molecule has 3 N–H and O–H groups in total. The molecular formula is C14H19NO6. The molecule has 0 saturated carbocycles. The molecule has 0 amide bonds. The van der Waals surface area contributed by atoms with Crippen LogP contribution in [0.15, 0.2) is 12.1 Å². The second kappa shape index (κ2) is 6.34. The first kappa shape index (κ1) is 16.6. The molecule has 0 saturated heterocycles. The number of carbonyl (C=O) groups is 2. The van der Waals surface area contributed by atoms with E-state index < -0.39 is 17.4 Å². The number of carboxylic acid groups (broad SMARTS) is 1. The number of hydrogen-bond donors (Lipinski definition) is 2. The monoisotopic (exact) mass is 297 g/mol. The van der Waals surface area contributed by atoms with Gasteiger partial charge in [0, 0.05) is 12.1 Å². The van der Waals surface area contributed by atoms with Crippen LogP contribution in [0.5, 0.6) is 11.5 Å². The third-order valence-corrected chi connectivity index (χ3v) is 2.89. The second-order valence-corrected chi connectivity index (χ2v) is 5.06. The molecule has 0 aliphatic heterocycles. The average Bonchev–Trinajstić information content (AvgIpc) is 2.44. The Morgan fingerprint density at radius 3 is 2.33 bits per heavy atom. The van der Waals surface area contributed by atoms with E-state index in [2.05, 4.69) is 4.74 Å². The highest BCUT2D eigenvalue weighted by molar-refractivity contribution is 5.94. The maximum atomic E-state index is 11.6. The van der Waals surface area contributed by atoms with Crippen molar-refractivity contribution >= 4 is 17.6 Å². The highest BCUT2D eigenvalue weighted by Crippen LogP contribution is 2.33. The van der Waals surface area contributed by atoms with Gasteiger partial charge in [0.1, 0.15) is 6.61 Å². The lowest BCUT2D eigenvalue weighted by atomic mass is 9.95. The molecule has 0 aliphatic carbocycles.